The van der Waals surface area contributed by atoms with Gasteiger partial charge in [-0.05, 0) is 34.0 Å². The second-order valence-corrected chi connectivity index (χ2v) is 6.57. The number of aromatic nitrogens is 5. The third-order valence-electron chi connectivity index (χ3n) is 3.83. The Hall–Kier alpha value is -2.69. The van der Waals surface area contributed by atoms with Crippen LogP contribution in [0, 0.1) is 6.92 Å². The van der Waals surface area contributed by atoms with Gasteiger partial charge in [-0.2, -0.15) is 18.3 Å². The summed E-state index contributed by atoms with van der Waals surface area (Å²) < 4.78 is 40.7. The minimum atomic E-state index is -4.65. The van der Waals surface area contributed by atoms with Crippen LogP contribution >= 0.6 is 15.9 Å². The zero-order chi connectivity index (χ0) is 19.8. The maximum absolute atomic E-state index is 13.0. The van der Waals surface area contributed by atoms with E-state index in [2.05, 4.69) is 36.4 Å². The average Bonchev–Trinajstić information content (AvgIpc) is 3.12. The van der Waals surface area contributed by atoms with E-state index in [4.69, 9.17) is 0 Å². The summed E-state index contributed by atoms with van der Waals surface area (Å²) in [5.74, 6) is -0.874. The van der Waals surface area contributed by atoms with Gasteiger partial charge >= 0.3 is 6.18 Å². The van der Waals surface area contributed by atoms with Gasteiger partial charge in [-0.15, -0.1) is 5.10 Å². The highest BCUT2D eigenvalue weighted by molar-refractivity contribution is 9.10. The first-order valence-electron chi connectivity index (χ1n) is 7.72. The number of nitrogens with zero attached hydrogens (tertiary/aromatic N) is 5. The molecule has 3 aromatic rings. The number of carbonyl (C=O) groups excluding carboxylic acids is 1. The van der Waals surface area contributed by atoms with Crippen LogP contribution in [0.2, 0.25) is 0 Å². The summed E-state index contributed by atoms with van der Waals surface area (Å²) >= 11 is 2.80. The number of anilines is 1. The van der Waals surface area contributed by atoms with Crippen molar-refractivity contribution in [1.82, 2.24) is 24.5 Å². The van der Waals surface area contributed by atoms with Gasteiger partial charge in [-0.3, -0.25) is 14.8 Å². The van der Waals surface area contributed by atoms with Gasteiger partial charge in [-0.25, -0.2) is 9.67 Å². The van der Waals surface area contributed by atoms with Crippen molar-refractivity contribution in [1.29, 1.82) is 0 Å². The summed E-state index contributed by atoms with van der Waals surface area (Å²) in [4.78, 5) is 16.2. The van der Waals surface area contributed by atoms with Crippen LogP contribution in [0.5, 0.6) is 0 Å². The first-order valence-corrected chi connectivity index (χ1v) is 8.51. The fourth-order valence-corrected chi connectivity index (χ4v) is 3.24. The third-order valence-corrected chi connectivity index (χ3v) is 4.58. The number of rotatable bonds is 4. The number of halogens is 4. The number of amides is 1. The lowest BCUT2D eigenvalue weighted by Crippen LogP contribution is -2.15. The van der Waals surface area contributed by atoms with Gasteiger partial charge < -0.3 is 0 Å². The van der Waals surface area contributed by atoms with Crippen molar-refractivity contribution < 1.29 is 18.0 Å². The fourth-order valence-electron chi connectivity index (χ4n) is 2.50. The zero-order valence-electron chi connectivity index (χ0n) is 14.3. The van der Waals surface area contributed by atoms with Crippen LogP contribution in [0.25, 0.3) is 0 Å². The molecule has 0 aliphatic rings. The van der Waals surface area contributed by atoms with Crippen molar-refractivity contribution in [3.8, 4) is 0 Å². The largest absolute Gasteiger partial charge is 0.434 e. The molecule has 0 bridgehead atoms. The van der Waals surface area contributed by atoms with E-state index in [1.807, 2.05) is 31.2 Å². The summed E-state index contributed by atoms with van der Waals surface area (Å²) in [5.41, 5.74) is 0.656. The lowest BCUT2D eigenvalue weighted by Gasteiger charge is -2.06. The van der Waals surface area contributed by atoms with Gasteiger partial charge in [-0.1, -0.05) is 24.3 Å². The molecule has 0 saturated heterocycles. The molecular weight excluding hydrogens is 429 g/mol. The summed E-state index contributed by atoms with van der Waals surface area (Å²) in [6, 6.07) is 7.73. The highest BCUT2D eigenvalue weighted by atomic mass is 79.9. The molecule has 0 aliphatic heterocycles. The topological polar surface area (TPSA) is 77.6 Å². The van der Waals surface area contributed by atoms with Crippen molar-refractivity contribution in [2.45, 2.75) is 19.6 Å². The monoisotopic (exact) mass is 442 g/mol. The maximum atomic E-state index is 13.0. The van der Waals surface area contributed by atoms with Crippen molar-refractivity contribution in [3.05, 3.63) is 57.6 Å². The average molecular weight is 443 g/mol. The summed E-state index contributed by atoms with van der Waals surface area (Å²) in [5, 5.41) is 10.1. The number of alkyl halides is 3. The molecule has 0 saturated carbocycles. The second kappa shape index (κ2) is 7.14. The summed E-state index contributed by atoms with van der Waals surface area (Å²) in [6.45, 7) is 2.41. The highest BCUT2D eigenvalue weighted by Gasteiger charge is 2.39. The van der Waals surface area contributed by atoms with Crippen molar-refractivity contribution >= 4 is 27.8 Å². The minimum Gasteiger partial charge on any atom is -0.288 e. The molecule has 1 N–H and O–H groups in total. The summed E-state index contributed by atoms with van der Waals surface area (Å²) in [7, 11) is 1.11. The molecule has 27 heavy (non-hydrogen) atoms. The van der Waals surface area contributed by atoms with Crippen LogP contribution in [0.4, 0.5) is 19.1 Å². The lowest BCUT2D eigenvalue weighted by atomic mass is 10.1. The predicted octanol–water partition coefficient (Wildman–Crippen LogP) is 3.40. The van der Waals surface area contributed by atoms with Crippen molar-refractivity contribution in [2.24, 2.45) is 7.05 Å². The van der Waals surface area contributed by atoms with E-state index >= 15 is 0 Å². The molecule has 0 fully saturated rings. The highest BCUT2D eigenvalue weighted by Crippen LogP contribution is 2.36. The molecule has 7 nitrogen and oxygen atoms in total. The molecule has 2 heterocycles. The number of carbonyl (C=O) groups is 1. The van der Waals surface area contributed by atoms with E-state index < -0.39 is 27.9 Å². The molecule has 142 valence electrons. The molecule has 0 radical (unpaired) electrons. The number of nitrogens with one attached hydrogen (secondary N) is 1. The van der Waals surface area contributed by atoms with Gasteiger partial charge in [0.05, 0.1) is 11.0 Å². The zero-order valence-corrected chi connectivity index (χ0v) is 15.8. The Bertz CT molecular complexity index is 994. The van der Waals surface area contributed by atoms with E-state index in [-0.39, 0.29) is 5.95 Å². The summed E-state index contributed by atoms with van der Waals surface area (Å²) in [6.07, 6.45) is -3.22. The molecule has 0 aliphatic carbocycles. The Kier molecular flexibility index (Phi) is 5.05. The Morgan fingerprint density at radius 2 is 1.96 bits per heavy atom. The maximum Gasteiger partial charge on any atom is 0.434 e. The predicted molar refractivity (Wildman–Crippen MR) is 94.2 cm³/mol. The molecule has 0 spiro atoms. The fraction of sp³-hybridized carbons (Fsp3) is 0.250. The Morgan fingerprint density at radius 3 is 2.59 bits per heavy atom. The van der Waals surface area contributed by atoms with Crippen LogP contribution in [0.15, 0.2) is 35.1 Å². The molecule has 1 aromatic carbocycles. The van der Waals surface area contributed by atoms with Gasteiger partial charge in [0.25, 0.3) is 5.91 Å². The Balaban J connectivity index is 1.76. The smallest absolute Gasteiger partial charge is 0.288 e. The van der Waals surface area contributed by atoms with E-state index in [0.29, 0.717) is 11.2 Å². The standard InChI is InChI=1S/C16H14BrF3N6O/c1-9-5-3-4-6-10(9)7-26-8-21-15(24-26)22-14(27)12-11(17)13(16(18,19)20)25(2)23-12/h3-6,8H,7H2,1-2H3,(H,22,24,27). The van der Waals surface area contributed by atoms with Gasteiger partial charge in [0.1, 0.15) is 6.33 Å². The van der Waals surface area contributed by atoms with Crippen molar-refractivity contribution in [2.75, 3.05) is 5.32 Å². The van der Waals surface area contributed by atoms with E-state index in [1.54, 1.807) is 0 Å². The van der Waals surface area contributed by atoms with Gasteiger partial charge in [0.15, 0.2) is 11.4 Å². The molecule has 11 heteroatoms. The first kappa shape index (κ1) is 19.1. The van der Waals surface area contributed by atoms with Gasteiger partial charge in [0.2, 0.25) is 5.95 Å². The number of hydrogen-bond donors (Lipinski definition) is 1. The molecular formula is C16H14BrF3N6O. The van der Waals surface area contributed by atoms with Crippen LogP contribution in [0.3, 0.4) is 0 Å². The molecule has 2 aromatic heterocycles. The molecule has 1 amide bonds. The van der Waals surface area contributed by atoms with Crippen LogP contribution in [-0.4, -0.2) is 30.5 Å². The van der Waals surface area contributed by atoms with Crippen molar-refractivity contribution in [3.63, 3.8) is 0 Å². The molecule has 0 unspecified atom stereocenters. The quantitative estimate of drug-likeness (QED) is 0.671. The van der Waals surface area contributed by atoms with E-state index in [0.717, 1.165) is 18.2 Å². The number of aryl methyl sites for hydroxylation is 2. The Labute approximate surface area is 160 Å². The van der Waals surface area contributed by atoms with Gasteiger partial charge in [0, 0.05) is 7.05 Å². The number of benzene rings is 1. The number of hydrogen-bond acceptors (Lipinski definition) is 4. The third kappa shape index (κ3) is 4.02. The first-order chi connectivity index (χ1) is 12.7. The van der Waals surface area contributed by atoms with Crippen LogP contribution < -0.4 is 5.32 Å². The second-order valence-electron chi connectivity index (χ2n) is 5.78. The Morgan fingerprint density at radius 1 is 1.26 bits per heavy atom. The lowest BCUT2D eigenvalue weighted by molar-refractivity contribution is -0.144. The molecule has 3 rings (SSSR count). The molecule has 0 atom stereocenters. The van der Waals surface area contributed by atoms with Crippen LogP contribution in [-0.2, 0) is 19.8 Å². The van der Waals surface area contributed by atoms with E-state index in [9.17, 15) is 18.0 Å². The SMILES string of the molecule is Cc1ccccc1Cn1cnc(NC(=O)c2nn(C)c(C(F)(F)F)c2Br)n1. The van der Waals surface area contributed by atoms with E-state index in [1.165, 1.54) is 11.0 Å². The normalized spacial score (nSPS) is 11.6. The van der Waals surface area contributed by atoms with Crippen LogP contribution in [0.1, 0.15) is 27.3 Å². The minimum absolute atomic E-state index is 0.0281.